The van der Waals surface area contributed by atoms with Crippen LogP contribution in [-0.2, 0) is 0 Å². The van der Waals surface area contributed by atoms with Gasteiger partial charge in [-0.25, -0.2) is 4.98 Å². The fraction of sp³-hybridized carbons (Fsp3) is 0.462. The molecule has 0 saturated carbocycles. The zero-order valence-electron chi connectivity index (χ0n) is 11.1. The highest BCUT2D eigenvalue weighted by atomic mass is 16.6. The lowest BCUT2D eigenvalue weighted by atomic mass is 10.1. The van der Waals surface area contributed by atoms with Crippen molar-refractivity contribution >= 4 is 22.7 Å². The first kappa shape index (κ1) is 12.9. The van der Waals surface area contributed by atoms with Gasteiger partial charge in [0.2, 0.25) is 5.95 Å². The second kappa shape index (κ2) is 5.46. The van der Waals surface area contributed by atoms with E-state index in [4.69, 9.17) is 0 Å². The lowest BCUT2D eigenvalue weighted by Crippen LogP contribution is -2.39. The molecule has 3 rings (SSSR count). The van der Waals surface area contributed by atoms with Crippen molar-refractivity contribution in [1.82, 2.24) is 15.3 Å². The molecule has 1 aromatic carbocycles. The summed E-state index contributed by atoms with van der Waals surface area (Å²) in [6, 6.07) is 5.10. The summed E-state index contributed by atoms with van der Waals surface area (Å²) in [7, 11) is 0. The number of anilines is 1. The van der Waals surface area contributed by atoms with Crippen molar-refractivity contribution in [1.29, 1.82) is 0 Å². The molecule has 3 N–H and O–H groups in total. The quantitative estimate of drug-likeness (QED) is 0.586. The molecule has 1 aromatic heterocycles. The number of piperidine rings is 1. The second-order valence-corrected chi connectivity index (χ2v) is 5.07. The van der Waals surface area contributed by atoms with Crippen LogP contribution in [0.3, 0.4) is 0 Å². The summed E-state index contributed by atoms with van der Waals surface area (Å²) in [5.41, 5.74) is 1.48. The van der Waals surface area contributed by atoms with E-state index in [-0.39, 0.29) is 5.69 Å². The van der Waals surface area contributed by atoms with Crippen molar-refractivity contribution in [3.8, 4) is 0 Å². The fourth-order valence-corrected chi connectivity index (χ4v) is 2.51. The number of aromatic amines is 1. The molecule has 0 radical (unpaired) electrons. The molecule has 7 heteroatoms. The first-order chi connectivity index (χ1) is 9.72. The first-order valence-electron chi connectivity index (χ1n) is 6.84. The highest BCUT2D eigenvalue weighted by Crippen LogP contribution is 2.20. The average Bonchev–Trinajstić information content (AvgIpc) is 2.88. The molecule has 1 unspecified atom stereocenters. The molecule has 1 aliphatic rings. The van der Waals surface area contributed by atoms with Crippen molar-refractivity contribution in [2.75, 3.05) is 18.4 Å². The molecule has 0 amide bonds. The summed E-state index contributed by atoms with van der Waals surface area (Å²) in [6.45, 7) is 1.88. The van der Waals surface area contributed by atoms with Crippen LogP contribution in [0.15, 0.2) is 18.2 Å². The summed E-state index contributed by atoms with van der Waals surface area (Å²) < 4.78 is 0. The molecule has 106 valence electrons. The van der Waals surface area contributed by atoms with Gasteiger partial charge in [-0.05, 0) is 25.5 Å². The standard InChI is InChI=1S/C13H17N5O2/c19-18(20)10-4-5-11-12(7-10)17-13(16-11)15-8-9-3-1-2-6-14-9/h4-5,7,9,14H,1-3,6,8H2,(H2,15,16,17). The van der Waals surface area contributed by atoms with Crippen LogP contribution in [0.2, 0.25) is 0 Å². The van der Waals surface area contributed by atoms with E-state index >= 15 is 0 Å². The van der Waals surface area contributed by atoms with Gasteiger partial charge in [-0.3, -0.25) is 10.1 Å². The highest BCUT2D eigenvalue weighted by molar-refractivity contribution is 5.79. The van der Waals surface area contributed by atoms with E-state index in [1.54, 1.807) is 6.07 Å². The predicted molar refractivity (Wildman–Crippen MR) is 76.9 cm³/mol. The van der Waals surface area contributed by atoms with E-state index in [1.807, 2.05) is 0 Å². The summed E-state index contributed by atoms with van der Waals surface area (Å²) in [6.07, 6.45) is 3.66. The summed E-state index contributed by atoms with van der Waals surface area (Å²) in [5.74, 6) is 0.660. The van der Waals surface area contributed by atoms with Gasteiger partial charge in [-0.1, -0.05) is 6.42 Å². The van der Waals surface area contributed by atoms with E-state index < -0.39 is 4.92 Å². The normalized spacial score (nSPS) is 19.1. The fourth-order valence-electron chi connectivity index (χ4n) is 2.51. The third kappa shape index (κ3) is 2.72. The minimum atomic E-state index is -0.403. The summed E-state index contributed by atoms with van der Waals surface area (Å²) in [4.78, 5) is 17.8. The topological polar surface area (TPSA) is 95.9 Å². The van der Waals surface area contributed by atoms with Gasteiger partial charge < -0.3 is 15.6 Å². The van der Waals surface area contributed by atoms with Gasteiger partial charge in [0.05, 0.1) is 16.0 Å². The number of nitrogens with zero attached hydrogens (tertiary/aromatic N) is 2. The van der Waals surface area contributed by atoms with Gasteiger partial charge >= 0.3 is 0 Å². The molecule has 1 fully saturated rings. The second-order valence-electron chi connectivity index (χ2n) is 5.07. The smallest absolute Gasteiger partial charge is 0.271 e. The number of benzene rings is 1. The van der Waals surface area contributed by atoms with Crippen molar-refractivity contribution < 1.29 is 4.92 Å². The number of non-ortho nitro benzene ring substituents is 1. The van der Waals surface area contributed by atoms with Gasteiger partial charge in [0, 0.05) is 24.7 Å². The maximum absolute atomic E-state index is 10.7. The minimum absolute atomic E-state index is 0.0710. The number of hydrogen-bond donors (Lipinski definition) is 3. The van der Waals surface area contributed by atoms with E-state index in [1.165, 1.54) is 31.4 Å². The van der Waals surface area contributed by atoms with Crippen LogP contribution < -0.4 is 10.6 Å². The number of H-pyrrole nitrogens is 1. The molecule has 0 bridgehead atoms. The molecular formula is C13H17N5O2. The van der Waals surface area contributed by atoms with Crippen LogP contribution in [0.1, 0.15) is 19.3 Å². The Labute approximate surface area is 115 Å². The van der Waals surface area contributed by atoms with E-state index in [9.17, 15) is 10.1 Å². The van der Waals surface area contributed by atoms with Gasteiger partial charge in [0.25, 0.3) is 5.69 Å². The number of fused-ring (bicyclic) bond motifs is 1. The third-order valence-electron chi connectivity index (χ3n) is 3.60. The largest absolute Gasteiger partial charge is 0.354 e. The number of nitro benzene ring substituents is 1. The van der Waals surface area contributed by atoms with E-state index in [0.717, 1.165) is 18.6 Å². The maximum Gasteiger partial charge on any atom is 0.271 e. The van der Waals surface area contributed by atoms with Crippen molar-refractivity contribution in [3.63, 3.8) is 0 Å². The molecule has 0 spiro atoms. The monoisotopic (exact) mass is 275 g/mol. The lowest BCUT2D eigenvalue weighted by molar-refractivity contribution is -0.384. The van der Waals surface area contributed by atoms with E-state index in [0.29, 0.717) is 17.5 Å². The maximum atomic E-state index is 10.7. The van der Waals surface area contributed by atoms with Crippen LogP contribution in [0.25, 0.3) is 11.0 Å². The van der Waals surface area contributed by atoms with Crippen molar-refractivity contribution in [3.05, 3.63) is 28.3 Å². The number of imidazole rings is 1. The van der Waals surface area contributed by atoms with Gasteiger partial charge in [-0.15, -0.1) is 0 Å². The van der Waals surface area contributed by atoms with Gasteiger partial charge in [0.15, 0.2) is 0 Å². The number of nitrogens with one attached hydrogen (secondary N) is 3. The molecule has 0 aliphatic carbocycles. The minimum Gasteiger partial charge on any atom is -0.354 e. The Balaban J connectivity index is 1.70. The first-order valence-corrected chi connectivity index (χ1v) is 6.84. The van der Waals surface area contributed by atoms with Crippen LogP contribution in [0.4, 0.5) is 11.6 Å². The Hall–Kier alpha value is -2.15. The van der Waals surface area contributed by atoms with Crippen LogP contribution in [0.5, 0.6) is 0 Å². The molecule has 20 heavy (non-hydrogen) atoms. The van der Waals surface area contributed by atoms with Crippen molar-refractivity contribution in [2.45, 2.75) is 25.3 Å². The van der Waals surface area contributed by atoms with Crippen LogP contribution in [0, 0.1) is 10.1 Å². The van der Waals surface area contributed by atoms with E-state index in [2.05, 4.69) is 20.6 Å². The summed E-state index contributed by atoms with van der Waals surface area (Å²) >= 11 is 0. The SMILES string of the molecule is O=[N+]([O-])c1ccc2nc(NCC3CCCCN3)[nH]c2c1. The number of rotatable bonds is 4. The molecular weight excluding hydrogens is 258 g/mol. The molecule has 1 saturated heterocycles. The Bertz CT molecular complexity index is 618. The third-order valence-corrected chi connectivity index (χ3v) is 3.60. The number of aromatic nitrogens is 2. The molecule has 1 aliphatic heterocycles. The van der Waals surface area contributed by atoms with Crippen molar-refractivity contribution in [2.24, 2.45) is 0 Å². The summed E-state index contributed by atoms with van der Waals surface area (Å²) in [5, 5.41) is 17.4. The number of nitro groups is 1. The zero-order valence-corrected chi connectivity index (χ0v) is 11.1. The Morgan fingerprint density at radius 3 is 3.10 bits per heavy atom. The molecule has 1 atom stereocenters. The molecule has 2 heterocycles. The van der Waals surface area contributed by atoms with Gasteiger partial charge in [-0.2, -0.15) is 0 Å². The molecule has 7 nitrogen and oxygen atoms in total. The number of hydrogen-bond acceptors (Lipinski definition) is 5. The average molecular weight is 275 g/mol. The van der Waals surface area contributed by atoms with Crippen LogP contribution >= 0.6 is 0 Å². The Morgan fingerprint density at radius 1 is 1.45 bits per heavy atom. The Morgan fingerprint density at radius 2 is 2.35 bits per heavy atom. The Kier molecular flexibility index (Phi) is 3.51. The van der Waals surface area contributed by atoms with Gasteiger partial charge in [0.1, 0.15) is 0 Å². The highest BCUT2D eigenvalue weighted by Gasteiger charge is 2.13. The lowest BCUT2D eigenvalue weighted by Gasteiger charge is -2.23. The molecule has 2 aromatic rings. The zero-order chi connectivity index (χ0) is 13.9. The van der Waals surface area contributed by atoms with Crippen LogP contribution in [-0.4, -0.2) is 34.0 Å². The predicted octanol–water partition coefficient (Wildman–Crippen LogP) is 2.03.